The van der Waals surface area contributed by atoms with Crippen molar-refractivity contribution in [3.05, 3.63) is 28.8 Å². The summed E-state index contributed by atoms with van der Waals surface area (Å²) in [5, 5.41) is 10.7. The third-order valence-corrected chi connectivity index (χ3v) is 4.99. The minimum Gasteiger partial charge on any atom is -0.494 e. The van der Waals surface area contributed by atoms with Crippen molar-refractivity contribution in [2.75, 3.05) is 40.3 Å². The summed E-state index contributed by atoms with van der Waals surface area (Å²) >= 11 is 0. The molecule has 1 saturated heterocycles. The van der Waals surface area contributed by atoms with Crippen LogP contribution in [-0.4, -0.2) is 60.8 Å². The van der Waals surface area contributed by atoms with Gasteiger partial charge in [0.2, 0.25) is 0 Å². The number of hydrogen-bond acceptors (Lipinski definition) is 4. The predicted octanol–water partition coefficient (Wildman–Crippen LogP) is 2.07. The average molecular weight is 318 g/mol. The normalized spacial score (nSPS) is 24.4. The summed E-state index contributed by atoms with van der Waals surface area (Å²) in [5.41, 5.74) is 3.65. The molecule has 128 valence electrons. The van der Waals surface area contributed by atoms with Gasteiger partial charge in [0.25, 0.3) is 0 Å². The van der Waals surface area contributed by atoms with E-state index in [1.807, 2.05) is 21.0 Å². The maximum absolute atomic E-state index is 10.7. The van der Waals surface area contributed by atoms with E-state index in [9.17, 15) is 5.11 Å². The van der Waals surface area contributed by atoms with Crippen molar-refractivity contribution in [2.24, 2.45) is 0 Å². The quantitative estimate of drug-likeness (QED) is 0.871. The van der Waals surface area contributed by atoms with Crippen molar-refractivity contribution in [2.45, 2.75) is 44.8 Å². The second-order valence-electron chi connectivity index (χ2n) is 7.44. The van der Waals surface area contributed by atoms with E-state index in [4.69, 9.17) is 4.74 Å². The first-order valence-electron chi connectivity index (χ1n) is 8.86. The molecule has 1 aromatic carbocycles. The number of likely N-dealkylation sites (tertiary alicyclic amines) is 1. The van der Waals surface area contributed by atoms with Gasteiger partial charge < -0.3 is 14.7 Å². The summed E-state index contributed by atoms with van der Waals surface area (Å²) in [6.07, 6.45) is 4.48. The molecule has 2 aliphatic rings. The lowest BCUT2D eigenvalue weighted by atomic mass is 10.0. The van der Waals surface area contributed by atoms with Crippen molar-refractivity contribution in [3.8, 4) is 5.75 Å². The zero-order chi connectivity index (χ0) is 16.4. The molecular formula is C19H30N2O2. The van der Waals surface area contributed by atoms with E-state index in [1.165, 1.54) is 36.0 Å². The molecule has 1 aliphatic heterocycles. The molecule has 1 aromatic rings. The summed E-state index contributed by atoms with van der Waals surface area (Å²) in [7, 11) is 4.04. The van der Waals surface area contributed by atoms with Crippen LogP contribution in [0, 0.1) is 0 Å². The van der Waals surface area contributed by atoms with Gasteiger partial charge in [-0.25, -0.2) is 0 Å². The molecule has 1 heterocycles. The molecule has 1 aliphatic carbocycles. The van der Waals surface area contributed by atoms with Crippen LogP contribution in [0.2, 0.25) is 0 Å². The number of hydrogen-bond donors (Lipinski definition) is 1. The number of fused-ring (bicyclic) bond motifs is 1. The van der Waals surface area contributed by atoms with Crippen LogP contribution in [0.5, 0.6) is 5.75 Å². The Morgan fingerprint density at radius 2 is 2.00 bits per heavy atom. The fourth-order valence-corrected chi connectivity index (χ4v) is 4.10. The van der Waals surface area contributed by atoms with Crippen molar-refractivity contribution >= 4 is 0 Å². The Morgan fingerprint density at radius 3 is 2.70 bits per heavy atom. The SMILES string of the molecule is CCOc1cc2c(cc1CN1CC[C@](O)(CN(C)C)C1)CCC2. The summed E-state index contributed by atoms with van der Waals surface area (Å²) < 4.78 is 5.89. The number of nitrogens with zero attached hydrogens (tertiary/aromatic N) is 2. The second-order valence-corrected chi connectivity index (χ2v) is 7.44. The second kappa shape index (κ2) is 6.80. The first-order valence-corrected chi connectivity index (χ1v) is 8.86. The summed E-state index contributed by atoms with van der Waals surface area (Å²) in [6, 6.07) is 4.60. The Bertz CT molecular complexity index is 559. The van der Waals surface area contributed by atoms with Gasteiger partial charge in [-0.15, -0.1) is 0 Å². The highest BCUT2D eigenvalue weighted by Crippen LogP contribution is 2.32. The van der Waals surface area contributed by atoms with Crippen LogP contribution in [0.25, 0.3) is 0 Å². The molecule has 0 unspecified atom stereocenters. The summed E-state index contributed by atoms with van der Waals surface area (Å²) in [5.74, 6) is 1.04. The minimum absolute atomic E-state index is 0.577. The molecule has 0 saturated carbocycles. The maximum atomic E-state index is 10.7. The number of aryl methyl sites for hydroxylation is 2. The number of ether oxygens (including phenoxy) is 1. The van der Waals surface area contributed by atoms with Crippen LogP contribution in [0.15, 0.2) is 12.1 Å². The molecule has 0 radical (unpaired) electrons. The predicted molar refractivity (Wildman–Crippen MR) is 93.0 cm³/mol. The van der Waals surface area contributed by atoms with Crippen molar-refractivity contribution < 1.29 is 9.84 Å². The number of rotatable bonds is 6. The van der Waals surface area contributed by atoms with Gasteiger partial charge in [-0.1, -0.05) is 6.07 Å². The van der Waals surface area contributed by atoms with Gasteiger partial charge >= 0.3 is 0 Å². The Labute approximate surface area is 140 Å². The number of β-amino-alcohol motifs (C(OH)–C–C–N with tert-alkyl or cyclic N) is 1. The third-order valence-electron chi connectivity index (χ3n) is 4.99. The van der Waals surface area contributed by atoms with E-state index < -0.39 is 5.60 Å². The van der Waals surface area contributed by atoms with E-state index in [0.717, 1.165) is 38.3 Å². The van der Waals surface area contributed by atoms with Crippen LogP contribution in [0.4, 0.5) is 0 Å². The molecular weight excluding hydrogens is 288 g/mol. The van der Waals surface area contributed by atoms with Gasteiger partial charge in [0.1, 0.15) is 5.75 Å². The standard InChI is InChI=1S/C19H30N2O2/c1-4-23-18-11-16-7-5-6-15(16)10-17(18)12-21-9-8-19(22,14-21)13-20(2)3/h10-11,22H,4-9,12-14H2,1-3H3/t19-/m0/s1. The fraction of sp³-hybridized carbons (Fsp3) is 0.684. The zero-order valence-electron chi connectivity index (χ0n) is 14.8. The van der Waals surface area contributed by atoms with E-state index in [1.54, 1.807) is 0 Å². The Kier molecular flexibility index (Phi) is 4.95. The lowest BCUT2D eigenvalue weighted by Gasteiger charge is -2.27. The lowest BCUT2D eigenvalue weighted by molar-refractivity contribution is 0.0239. The molecule has 1 N–H and O–H groups in total. The first kappa shape index (κ1) is 16.7. The topological polar surface area (TPSA) is 35.9 Å². The van der Waals surface area contributed by atoms with Crippen LogP contribution in [0.1, 0.15) is 36.5 Å². The van der Waals surface area contributed by atoms with Crippen LogP contribution < -0.4 is 4.74 Å². The third kappa shape index (κ3) is 3.87. The fourth-order valence-electron chi connectivity index (χ4n) is 4.10. The van der Waals surface area contributed by atoms with Gasteiger partial charge in [-0.3, -0.25) is 4.90 Å². The van der Waals surface area contributed by atoms with E-state index in [2.05, 4.69) is 21.9 Å². The van der Waals surface area contributed by atoms with Crippen molar-refractivity contribution in [1.82, 2.24) is 9.80 Å². The molecule has 4 nitrogen and oxygen atoms in total. The minimum atomic E-state index is -0.577. The van der Waals surface area contributed by atoms with E-state index in [-0.39, 0.29) is 0 Å². The molecule has 0 spiro atoms. The number of aliphatic hydroxyl groups is 1. The maximum Gasteiger partial charge on any atom is 0.124 e. The van der Waals surface area contributed by atoms with Gasteiger partial charge in [0, 0.05) is 31.7 Å². The molecule has 4 heteroatoms. The number of benzene rings is 1. The van der Waals surface area contributed by atoms with E-state index in [0.29, 0.717) is 6.61 Å². The van der Waals surface area contributed by atoms with Gasteiger partial charge in [0.05, 0.1) is 12.2 Å². The molecule has 1 atom stereocenters. The molecule has 3 rings (SSSR count). The Morgan fingerprint density at radius 1 is 1.26 bits per heavy atom. The van der Waals surface area contributed by atoms with Crippen LogP contribution in [-0.2, 0) is 19.4 Å². The van der Waals surface area contributed by atoms with Gasteiger partial charge in [0.15, 0.2) is 0 Å². The van der Waals surface area contributed by atoms with E-state index >= 15 is 0 Å². The molecule has 0 amide bonds. The highest BCUT2D eigenvalue weighted by molar-refractivity contribution is 5.45. The summed E-state index contributed by atoms with van der Waals surface area (Å²) in [4.78, 5) is 4.44. The average Bonchev–Trinajstić information content (AvgIpc) is 3.05. The Balaban J connectivity index is 1.73. The van der Waals surface area contributed by atoms with Gasteiger partial charge in [-0.2, -0.15) is 0 Å². The smallest absolute Gasteiger partial charge is 0.124 e. The largest absolute Gasteiger partial charge is 0.494 e. The van der Waals surface area contributed by atoms with Crippen LogP contribution in [0.3, 0.4) is 0 Å². The molecule has 1 fully saturated rings. The summed E-state index contributed by atoms with van der Waals surface area (Å²) in [6.45, 7) is 6.05. The van der Waals surface area contributed by atoms with Crippen molar-refractivity contribution in [3.63, 3.8) is 0 Å². The highest BCUT2D eigenvalue weighted by Gasteiger charge is 2.36. The van der Waals surface area contributed by atoms with Crippen LogP contribution >= 0.6 is 0 Å². The lowest BCUT2D eigenvalue weighted by Crippen LogP contribution is -2.42. The van der Waals surface area contributed by atoms with Gasteiger partial charge in [-0.05, 0) is 63.9 Å². The Hall–Kier alpha value is -1.10. The first-order chi connectivity index (χ1) is 11.0. The van der Waals surface area contributed by atoms with Crippen molar-refractivity contribution in [1.29, 1.82) is 0 Å². The molecule has 0 bridgehead atoms. The zero-order valence-corrected chi connectivity index (χ0v) is 14.8. The monoisotopic (exact) mass is 318 g/mol. The molecule has 23 heavy (non-hydrogen) atoms. The number of likely N-dealkylation sites (N-methyl/N-ethyl adjacent to an activating group) is 1. The molecule has 0 aromatic heterocycles. The highest BCUT2D eigenvalue weighted by atomic mass is 16.5.